The lowest BCUT2D eigenvalue weighted by molar-refractivity contribution is 0.101. The Balaban J connectivity index is 3.01. The van der Waals surface area contributed by atoms with Gasteiger partial charge in [-0.15, -0.1) is 11.8 Å². The zero-order valence-corrected chi connectivity index (χ0v) is 10.8. The van der Waals surface area contributed by atoms with Crippen molar-refractivity contribution in [3.8, 4) is 6.07 Å². The van der Waals surface area contributed by atoms with E-state index in [1.807, 2.05) is 6.92 Å². The summed E-state index contributed by atoms with van der Waals surface area (Å²) in [7, 11) is 0. The summed E-state index contributed by atoms with van der Waals surface area (Å²) in [5, 5.41) is 17.9. The van der Waals surface area contributed by atoms with Crippen LogP contribution >= 0.6 is 11.8 Å². The van der Waals surface area contributed by atoms with Gasteiger partial charge in [-0.1, -0.05) is 6.92 Å². The predicted molar refractivity (Wildman–Crippen MR) is 68.2 cm³/mol. The Hall–Kier alpha value is -1.31. The monoisotopic (exact) mass is 249 g/mol. The van der Waals surface area contributed by atoms with E-state index in [4.69, 9.17) is 10.4 Å². The number of thioether (sulfide) groups is 1. The van der Waals surface area contributed by atoms with Gasteiger partial charge in [0.2, 0.25) is 0 Å². The highest BCUT2D eigenvalue weighted by atomic mass is 32.2. The molecular formula is C13H15NO2S. The molecule has 0 aliphatic heterocycles. The van der Waals surface area contributed by atoms with Crippen LogP contribution in [-0.4, -0.2) is 22.7 Å². The molecule has 1 rings (SSSR count). The molecule has 0 bridgehead atoms. The normalized spacial score (nSPS) is 11.9. The van der Waals surface area contributed by atoms with E-state index >= 15 is 0 Å². The predicted octanol–water partition coefficient (Wildman–Crippen LogP) is 2.62. The number of aliphatic hydroxyl groups excluding tert-OH is 1. The van der Waals surface area contributed by atoms with Crippen molar-refractivity contribution in [3.63, 3.8) is 0 Å². The maximum atomic E-state index is 11.5. The number of aliphatic hydroxyl groups is 1. The van der Waals surface area contributed by atoms with Gasteiger partial charge in [-0.3, -0.25) is 4.79 Å². The van der Waals surface area contributed by atoms with E-state index < -0.39 is 0 Å². The highest BCUT2D eigenvalue weighted by Crippen LogP contribution is 2.29. The number of rotatable bonds is 5. The highest BCUT2D eigenvalue weighted by Gasteiger charge is 2.12. The Morgan fingerprint density at radius 1 is 1.59 bits per heavy atom. The molecule has 90 valence electrons. The van der Waals surface area contributed by atoms with Crippen LogP contribution in [0.2, 0.25) is 0 Å². The maximum Gasteiger partial charge on any atom is 0.160 e. The van der Waals surface area contributed by atoms with E-state index in [9.17, 15) is 4.79 Å². The fourth-order valence-electron chi connectivity index (χ4n) is 1.44. The number of nitrogens with zero attached hydrogens (tertiary/aromatic N) is 1. The van der Waals surface area contributed by atoms with Crippen molar-refractivity contribution in [2.24, 2.45) is 0 Å². The molecule has 1 atom stereocenters. The molecule has 4 heteroatoms. The van der Waals surface area contributed by atoms with Crippen molar-refractivity contribution in [1.29, 1.82) is 5.26 Å². The number of benzene rings is 1. The standard InChI is InChI=1S/C13H15NO2S/c1-9(5-6-15)17-13-7-11(8-14)3-4-12(13)10(2)16/h3-4,7,9,15H,5-6H2,1-2H3. The summed E-state index contributed by atoms with van der Waals surface area (Å²) in [6, 6.07) is 7.14. The molecule has 1 aromatic carbocycles. The summed E-state index contributed by atoms with van der Waals surface area (Å²) >= 11 is 1.52. The average molecular weight is 249 g/mol. The van der Waals surface area contributed by atoms with Crippen LogP contribution < -0.4 is 0 Å². The van der Waals surface area contributed by atoms with Gasteiger partial charge in [0.25, 0.3) is 0 Å². The lowest BCUT2D eigenvalue weighted by Crippen LogP contribution is -2.02. The van der Waals surface area contributed by atoms with Crippen molar-refractivity contribution in [2.75, 3.05) is 6.61 Å². The van der Waals surface area contributed by atoms with Crippen LogP contribution in [0.4, 0.5) is 0 Å². The molecule has 0 fully saturated rings. The van der Waals surface area contributed by atoms with Crippen LogP contribution in [0.5, 0.6) is 0 Å². The number of Topliss-reactive ketones (excluding diaryl/α,β-unsaturated/α-hetero) is 1. The maximum absolute atomic E-state index is 11.5. The fraction of sp³-hybridized carbons (Fsp3) is 0.385. The quantitative estimate of drug-likeness (QED) is 0.643. The number of hydrogen-bond acceptors (Lipinski definition) is 4. The molecule has 1 aromatic rings. The molecule has 1 N–H and O–H groups in total. The molecule has 0 aromatic heterocycles. The Bertz CT molecular complexity index is 451. The van der Waals surface area contributed by atoms with E-state index in [0.29, 0.717) is 17.5 Å². The summed E-state index contributed by atoms with van der Waals surface area (Å²) < 4.78 is 0. The minimum atomic E-state index is -0.00631. The van der Waals surface area contributed by atoms with Gasteiger partial charge in [0.15, 0.2) is 5.78 Å². The number of carbonyl (C=O) groups is 1. The van der Waals surface area contributed by atoms with Crippen molar-refractivity contribution in [2.45, 2.75) is 30.4 Å². The van der Waals surface area contributed by atoms with Crippen LogP contribution in [0, 0.1) is 11.3 Å². The van der Waals surface area contributed by atoms with Crippen LogP contribution in [-0.2, 0) is 0 Å². The van der Waals surface area contributed by atoms with Gasteiger partial charge in [0.05, 0.1) is 11.6 Å². The largest absolute Gasteiger partial charge is 0.396 e. The van der Waals surface area contributed by atoms with Gasteiger partial charge in [-0.05, 0) is 31.5 Å². The molecule has 1 unspecified atom stereocenters. The van der Waals surface area contributed by atoms with Crippen molar-refractivity contribution >= 4 is 17.5 Å². The molecule has 3 nitrogen and oxygen atoms in total. The third-order valence-electron chi connectivity index (χ3n) is 2.35. The smallest absolute Gasteiger partial charge is 0.160 e. The topological polar surface area (TPSA) is 61.1 Å². The molecule has 0 spiro atoms. The van der Waals surface area contributed by atoms with E-state index in [-0.39, 0.29) is 17.6 Å². The number of hydrogen-bond donors (Lipinski definition) is 1. The summed E-state index contributed by atoms with van der Waals surface area (Å²) in [6.45, 7) is 3.63. The number of ketones is 1. The van der Waals surface area contributed by atoms with E-state index in [0.717, 1.165) is 4.90 Å². The molecule has 17 heavy (non-hydrogen) atoms. The van der Waals surface area contributed by atoms with Crippen LogP contribution in [0.15, 0.2) is 23.1 Å². The molecule has 0 saturated heterocycles. The van der Waals surface area contributed by atoms with Gasteiger partial charge in [0, 0.05) is 22.3 Å². The summed E-state index contributed by atoms with van der Waals surface area (Å²) in [5.74, 6) is -0.00631. The molecule has 0 radical (unpaired) electrons. The second-order valence-corrected chi connectivity index (χ2v) is 5.30. The second kappa shape index (κ2) is 6.43. The fourth-order valence-corrected chi connectivity index (χ4v) is 2.63. The van der Waals surface area contributed by atoms with Crippen molar-refractivity contribution in [1.82, 2.24) is 0 Å². The molecule has 0 heterocycles. The number of carbonyl (C=O) groups excluding carboxylic acids is 1. The van der Waals surface area contributed by atoms with Crippen LogP contribution in [0.1, 0.15) is 36.2 Å². The van der Waals surface area contributed by atoms with Gasteiger partial charge < -0.3 is 5.11 Å². The Morgan fingerprint density at radius 2 is 2.29 bits per heavy atom. The van der Waals surface area contributed by atoms with Gasteiger partial charge in [-0.2, -0.15) is 5.26 Å². The number of nitriles is 1. The SMILES string of the molecule is CC(=O)c1ccc(C#N)cc1SC(C)CCO. The zero-order chi connectivity index (χ0) is 12.8. The van der Waals surface area contributed by atoms with Crippen molar-refractivity contribution in [3.05, 3.63) is 29.3 Å². The van der Waals surface area contributed by atoms with Crippen LogP contribution in [0.3, 0.4) is 0 Å². The van der Waals surface area contributed by atoms with E-state index in [2.05, 4.69) is 6.07 Å². The molecule has 0 aliphatic rings. The summed E-state index contributed by atoms with van der Waals surface area (Å²) in [4.78, 5) is 12.3. The van der Waals surface area contributed by atoms with E-state index in [1.54, 1.807) is 18.2 Å². The first-order chi connectivity index (χ1) is 8.08. The van der Waals surface area contributed by atoms with Gasteiger partial charge >= 0.3 is 0 Å². The third kappa shape index (κ3) is 3.88. The van der Waals surface area contributed by atoms with Gasteiger partial charge in [-0.25, -0.2) is 0 Å². The lowest BCUT2D eigenvalue weighted by atomic mass is 10.1. The lowest BCUT2D eigenvalue weighted by Gasteiger charge is -2.12. The Kier molecular flexibility index (Phi) is 5.20. The Morgan fingerprint density at radius 3 is 2.82 bits per heavy atom. The molecule has 0 amide bonds. The first-order valence-corrected chi connectivity index (χ1v) is 6.29. The molecule has 0 aliphatic carbocycles. The minimum Gasteiger partial charge on any atom is -0.396 e. The average Bonchev–Trinajstić information content (AvgIpc) is 2.28. The highest BCUT2D eigenvalue weighted by molar-refractivity contribution is 8.00. The van der Waals surface area contributed by atoms with Crippen molar-refractivity contribution < 1.29 is 9.90 Å². The minimum absolute atomic E-state index is 0.00631. The van der Waals surface area contributed by atoms with E-state index in [1.165, 1.54) is 18.7 Å². The summed E-state index contributed by atoms with van der Waals surface area (Å²) in [6.07, 6.45) is 0.665. The first-order valence-electron chi connectivity index (χ1n) is 5.41. The Labute approximate surface area is 105 Å². The summed E-state index contributed by atoms with van der Waals surface area (Å²) in [5.41, 5.74) is 1.19. The van der Waals surface area contributed by atoms with Crippen LogP contribution in [0.25, 0.3) is 0 Å². The molecular weight excluding hydrogens is 234 g/mol. The first kappa shape index (κ1) is 13.8. The third-order valence-corrected chi connectivity index (χ3v) is 3.58. The van der Waals surface area contributed by atoms with Gasteiger partial charge in [0.1, 0.15) is 0 Å². The zero-order valence-electron chi connectivity index (χ0n) is 9.93. The second-order valence-electron chi connectivity index (χ2n) is 3.82. The molecule has 0 saturated carbocycles.